The molecular formula is C48H72B2N2O2. The van der Waals surface area contributed by atoms with E-state index < -0.39 is 0 Å². The molecule has 6 heteroatoms. The van der Waals surface area contributed by atoms with Crippen LogP contribution in [0, 0.1) is 11.8 Å². The Morgan fingerprint density at radius 2 is 0.741 bits per heavy atom. The van der Waals surface area contributed by atoms with Gasteiger partial charge in [0.25, 0.3) is 11.8 Å². The van der Waals surface area contributed by atoms with Gasteiger partial charge in [-0.1, -0.05) is 191 Å². The summed E-state index contributed by atoms with van der Waals surface area (Å²) in [7, 11) is 12.8. The molecule has 2 aromatic rings. The van der Waals surface area contributed by atoms with E-state index in [1.165, 1.54) is 128 Å². The molecule has 54 heavy (non-hydrogen) atoms. The van der Waals surface area contributed by atoms with Crippen LogP contribution in [-0.4, -0.2) is 40.6 Å². The van der Waals surface area contributed by atoms with Crippen molar-refractivity contribution in [1.29, 1.82) is 0 Å². The first-order chi connectivity index (χ1) is 26.3. The van der Waals surface area contributed by atoms with Gasteiger partial charge in [0.15, 0.2) is 0 Å². The van der Waals surface area contributed by atoms with Crippen molar-refractivity contribution in [2.75, 3.05) is 22.9 Å². The molecule has 4 radical (unpaired) electrons. The highest BCUT2D eigenvalue weighted by atomic mass is 16.2. The van der Waals surface area contributed by atoms with Gasteiger partial charge in [-0.25, -0.2) is 0 Å². The minimum absolute atomic E-state index is 0.0618. The van der Waals surface area contributed by atoms with Crippen molar-refractivity contribution in [2.24, 2.45) is 11.8 Å². The zero-order chi connectivity index (χ0) is 38.7. The summed E-state index contributed by atoms with van der Waals surface area (Å²) in [6.07, 6.45) is 29.5. The summed E-state index contributed by atoms with van der Waals surface area (Å²) < 4.78 is 0. The fourth-order valence-electron chi connectivity index (χ4n) is 8.85. The number of hydrogen-bond donors (Lipinski definition) is 0. The Labute approximate surface area is 333 Å². The standard InChI is InChI=1S/C48H72B2N2O2/c1-5-9-13-17-19-23-27-37(25-21-15-11-7-3)35-51-43-33-39(49)29-31-41(43)45(47(51)53)46-42-32-30-40(50)34-44(42)52(48(46)54)36-38(26-22-16-12-8-4)28-24-20-18-14-10-6-2/h29-34,37-38H,5-28,35-36H2,1-4H3/b46-45+. The van der Waals surface area contributed by atoms with Crippen LogP contribution in [0.15, 0.2) is 36.4 Å². The average Bonchev–Trinajstić information content (AvgIpc) is 3.57. The highest BCUT2D eigenvalue weighted by Gasteiger charge is 2.43. The van der Waals surface area contributed by atoms with Crippen LogP contribution in [0.1, 0.15) is 193 Å². The summed E-state index contributed by atoms with van der Waals surface area (Å²) in [5, 5.41) is 0. The monoisotopic (exact) mass is 731 g/mol. The molecule has 2 amide bonds. The maximum Gasteiger partial charge on any atom is 0.259 e. The number of amides is 2. The normalized spacial score (nSPS) is 16.4. The van der Waals surface area contributed by atoms with E-state index in [2.05, 4.69) is 27.7 Å². The molecule has 2 atom stereocenters. The molecule has 0 saturated heterocycles. The smallest absolute Gasteiger partial charge is 0.259 e. The lowest BCUT2D eigenvalue weighted by molar-refractivity contribution is -0.114. The van der Waals surface area contributed by atoms with Gasteiger partial charge in [-0.15, -0.1) is 0 Å². The lowest BCUT2D eigenvalue weighted by atomic mass is 9.89. The Hall–Kier alpha value is -2.75. The number of carbonyl (C=O) groups excluding carboxylic acids is 2. The summed E-state index contributed by atoms with van der Waals surface area (Å²) >= 11 is 0. The molecule has 0 bridgehead atoms. The second-order valence-electron chi connectivity index (χ2n) is 16.7. The van der Waals surface area contributed by atoms with Crippen LogP contribution in [0.2, 0.25) is 0 Å². The van der Waals surface area contributed by atoms with E-state index in [0.29, 0.717) is 47.0 Å². The van der Waals surface area contributed by atoms with Crippen LogP contribution >= 0.6 is 0 Å². The van der Waals surface area contributed by atoms with Crippen LogP contribution in [0.5, 0.6) is 0 Å². The fraction of sp³-hybridized carbons (Fsp3) is 0.667. The van der Waals surface area contributed by atoms with Gasteiger partial charge in [0.1, 0.15) is 15.7 Å². The summed E-state index contributed by atoms with van der Waals surface area (Å²) in [4.78, 5) is 33.7. The second-order valence-corrected chi connectivity index (χ2v) is 16.7. The van der Waals surface area contributed by atoms with Gasteiger partial charge < -0.3 is 9.80 Å². The lowest BCUT2D eigenvalue weighted by Crippen LogP contribution is -2.34. The van der Waals surface area contributed by atoms with Gasteiger partial charge in [-0.2, -0.15) is 0 Å². The molecule has 4 rings (SSSR count). The Kier molecular flexibility index (Phi) is 19.6. The van der Waals surface area contributed by atoms with Crippen molar-refractivity contribution in [3.05, 3.63) is 47.5 Å². The number of hydrogen-bond acceptors (Lipinski definition) is 2. The topological polar surface area (TPSA) is 40.6 Å². The number of anilines is 2. The quantitative estimate of drug-likeness (QED) is 0.0497. The molecule has 0 aliphatic carbocycles. The number of nitrogens with zero attached hydrogens (tertiary/aromatic N) is 2. The average molecular weight is 731 g/mol. The summed E-state index contributed by atoms with van der Waals surface area (Å²) in [6, 6.07) is 11.6. The molecule has 2 heterocycles. The van der Waals surface area contributed by atoms with Crippen molar-refractivity contribution in [3.63, 3.8) is 0 Å². The van der Waals surface area contributed by atoms with Crippen molar-refractivity contribution in [1.82, 2.24) is 0 Å². The molecule has 2 aromatic carbocycles. The zero-order valence-corrected chi connectivity index (χ0v) is 34.9. The van der Waals surface area contributed by atoms with E-state index in [9.17, 15) is 9.59 Å². The number of unbranched alkanes of at least 4 members (excludes halogenated alkanes) is 16. The van der Waals surface area contributed by atoms with Crippen molar-refractivity contribution in [3.8, 4) is 0 Å². The molecule has 0 fully saturated rings. The highest BCUT2D eigenvalue weighted by molar-refractivity contribution is 6.50. The minimum Gasteiger partial charge on any atom is -0.307 e. The maximum absolute atomic E-state index is 14.9. The first-order valence-electron chi connectivity index (χ1n) is 22.5. The van der Waals surface area contributed by atoms with Crippen molar-refractivity contribution in [2.45, 2.75) is 182 Å². The van der Waals surface area contributed by atoms with Crippen LogP contribution < -0.4 is 20.7 Å². The van der Waals surface area contributed by atoms with Crippen LogP contribution in [0.3, 0.4) is 0 Å². The third-order valence-electron chi connectivity index (χ3n) is 12.1. The Bertz CT molecular complexity index is 1380. The van der Waals surface area contributed by atoms with Gasteiger partial charge >= 0.3 is 0 Å². The number of carbonyl (C=O) groups is 2. The van der Waals surface area contributed by atoms with Crippen molar-refractivity contribution >= 4 is 61.0 Å². The number of benzene rings is 2. The predicted molar refractivity (Wildman–Crippen MR) is 236 cm³/mol. The Balaban J connectivity index is 1.63. The van der Waals surface area contributed by atoms with Gasteiger partial charge in [0, 0.05) is 24.2 Å². The van der Waals surface area contributed by atoms with Gasteiger partial charge in [-0.3, -0.25) is 9.59 Å². The molecule has 2 aliphatic heterocycles. The van der Waals surface area contributed by atoms with E-state index in [0.717, 1.165) is 48.2 Å². The molecule has 0 N–H and O–H groups in total. The first-order valence-corrected chi connectivity index (χ1v) is 22.5. The molecular weight excluding hydrogens is 658 g/mol. The molecule has 0 saturated carbocycles. The van der Waals surface area contributed by atoms with E-state index in [4.69, 9.17) is 15.7 Å². The van der Waals surface area contributed by atoms with E-state index in [1.807, 2.05) is 46.2 Å². The lowest BCUT2D eigenvalue weighted by Gasteiger charge is -2.25. The molecule has 0 aromatic heterocycles. The molecule has 2 unspecified atom stereocenters. The van der Waals surface area contributed by atoms with Gasteiger partial charge in [0.2, 0.25) is 0 Å². The predicted octanol–water partition coefficient (Wildman–Crippen LogP) is 11.6. The van der Waals surface area contributed by atoms with Gasteiger partial charge in [-0.05, 0) is 49.7 Å². The molecule has 292 valence electrons. The largest absolute Gasteiger partial charge is 0.307 e. The maximum atomic E-state index is 14.9. The minimum atomic E-state index is -0.0618. The zero-order valence-electron chi connectivity index (χ0n) is 34.9. The summed E-state index contributed by atoms with van der Waals surface area (Å²) in [6.45, 7) is 10.4. The highest BCUT2D eigenvalue weighted by Crippen LogP contribution is 2.47. The van der Waals surface area contributed by atoms with E-state index in [-0.39, 0.29) is 11.8 Å². The van der Waals surface area contributed by atoms with Crippen molar-refractivity contribution < 1.29 is 9.59 Å². The molecule has 0 spiro atoms. The van der Waals surface area contributed by atoms with Gasteiger partial charge in [0.05, 0.1) is 22.5 Å². The van der Waals surface area contributed by atoms with Crippen LogP contribution in [0.4, 0.5) is 11.4 Å². The first kappa shape index (κ1) is 44.0. The van der Waals surface area contributed by atoms with Crippen LogP contribution in [-0.2, 0) is 9.59 Å². The Morgan fingerprint density at radius 1 is 0.444 bits per heavy atom. The number of fused-ring (bicyclic) bond motifs is 2. The SMILES string of the molecule is [B]c1ccc2c(c1)N(CC(CCCCCC)CCCCCCCC)C(=O)/C2=C1/C(=O)N(CC(CCCCCC)CCCCCCCC)c2cc([B])ccc21. The second kappa shape index (κ2) is 24.0. The van der Waals surface area contributed by atoms with E-state index >= 15 is 0 Å². The summed E-state index contributed by atoms with van der Waals surface area (Å²) in [5.41, 5.74) is 5.70. The third kappa shape index (κ3) is 12.6. The summed E-state index contributed by atoms with van der Waals surface area (Å²) in [5.74, 6) is 0.698. The van der Waals surface area contributed by atoms with Crippen LogP contribution in [0.25, 0.3) is 11.1 Å². The fourth-order valence-corrected chi connectivity index (χ4v) is 8.85. The Morgan fingerprint density at radius 3 is 1.07 bits per heavy atom. The molecule has 2 aliphatic rings. The van der Waals surface area contributed by atoms with E-state index in [1.54, 1.807) is 0 Å². The number of rotatable bonds is 28. The third-order valence-corrected chi connectivity index (χ3v) is 12.1. The molecule has 4 nitrogen and oxygen atoms in total.